The van der Waals surface area contributed by atoms with Gasteiger partial charge in [0.2, 0.25) is 0 Å². The standard InChI is InChI=1S/C18H17ClN2O3S/c19-15-7-3-2-6-14(15)18(22)9-11-21(12-10-18)17-13-5-1-4-8-16(13)25(23,24)20-17/h1-8,22H,9-12H2. The van der Waals surface area contributed by atoms with Crippen LogP contribution >= 0.6 is 11.6 Å². The smallest absolute Gasteiger partial charge is 0.285 e. The van der Waals surface area contributed by atoms with E-state index in [0.717, 1.165) is 5.56 Å². The molecule has 130 valence electrons. The molecule has 2 aliphatic heterocycles. The highest BCUT2D eigenvalue weighted by atomic mass is 35.5. The van der Waals surface area contributed by atoms with E-state index in [0.29, 0.717) is 42.4 Å². The fourth-order valence-electron chi connectivity index (χ4n) is 3.51. The highest BCUT2D eigenvalue weighted by molar-refractivity contribution is 7.90. The Labute approximate surface area is 151 Å². The molecule has 0 atom stereocenters. The van der Waals surface area contributed by atoms with Crippen molar-refractivity contribution >= 4 is 27.5 Å². The van der Waals surface area contributed by atoms with Gasteiger partial charge in [0.1, 0.15) is 4.90 Å². The van der Waals surface area contributed by atoms with Crippen LogP contribution < -0.4 is 0 Å². The summed E-state index contributed by atoms with van der Waals surface area (Å²) in [5.41, 5.74) is 0.343. The molecular weight excluding hydrogens is 360 g/mol. The van der Waals surface area contributed by atoms with Crippen LogP contribution in [-0.4, -0.2) is 37.3 Å². The van der Waals surface area contributed by atoms with E-state index >= 15 is 0 Å². The molecule has 0 spiro atoms. The summed E-state index contributed by atoms with van der Waals surface area (Å²) in [5, 5.41) is 11.6. The van der Waals surface area contributed by atoms with Gasteiger partial charge in [-0.2, -0.15) is 8.42 Å². The monoisotopic (exact) mass is 376 g/mol. The van der Waals surface area contributed by atoms with Gasteiger partial charge in [0.25, 0.3) is 10.0 Å². The number of halogens is 1. The van der Waals surface area contributed by atoms with E-state index < -0.39 is 15.6 Å². The van der Waals surface area contributed by atoms with Gasteiger partial charge in [-0.15, -0.1) is 4.40 Å². The van der Waals surface area contributed by atoms with Crippen LogP contribution in [0.1, 0.15) is 24.0 Å². The summed E-state index contributed by atoms with van der Waals surface area (Å²) in [6.07, 6.45) is 0.913. The number of hydrogen-bond acceptors (Lipinski definition) is 4. The van der Waals surface area contributed by atoms with E-state index in [4.69, 9.17) is 11.6 Å². The summed E-state index contributed by atoms with van der Waals surface area (Å²) >= 11 is 6.24. The zero-order valence-electron chi connectivity index (χ0n) is 13.4. The Morgan fingerprint density at radius 2 is 1.68 bits per heavy atom. The van der Waals surface area contributed by atoms with Crippen molar-refractivity contribution in [3.63, 3.8) is 0 Å². The summed E-state index contributed by atoms with van der Waals surface area (Å²) in [4.78, 5) is 2.17. The van der Waals surface area contributed by atoms with Gasteiger partial charge in [-0.25, -0.2) is 0 Å². The van der Waals surface area contributed by atoms with Crippen LogP contribution in [0.4, 0.5) is 0 Å². The second-order valence-corrected chi connectivity index (χ2v) is 8.36. The second-order valence-electron chi connectivity index (χ2n) is 6.38. The number of rotatable bonds is 1. The van der Waals surface area contributed by atoms with Crippen molar-refractivity contribution in [2.75, 3.05) is 13.1 Å². The fraction of sp³-hybridized carbons (Fsp3) is 0.278. The highest BCUT2D eigenvalue weighted by Crippen LogP contribution is 2.38. The number of piperidine rings is 1. The molecule has 0 aliphatic carbocycles. The van der Waals surface area contributed by atoms with Crippen molar-refractivity contribution < 1.29 is 13.5 Å². The molecule has 25 heavy (non-hydrogen) atoms. The lowest BCUT2D eigenvalue weighted by Gasteiger charge is -2.39. The van der Waals surface area contributed by atoms with Crippen molar-refractivity contribution in [3.05, 3.63) is 64.7 Å². The normalized spacial score (nSPS) is 20.9. The number of nitrogens with zero attached hydrogens (tertiary/aromatic N) is 2. The SMILES string of the molecule is O=S1(=O)N=C(N2CCC(O)(c3ccccc3Cl)CC2)c2ccccc21. The summed E-state index contributed by atoms with van der Waals surface area (Å²) in [5.74, 6) is 0.469. The molecule has 0 bridgehead atoms. The van der Waals surface area contributed by atoms with Crippen LogP contribution in [0.2, 0.25) is 5.02 Å². The molecular formula is C18H17ClN2O3S. The first kappa shape index (κ1) is 16.6. The quantitative estimate of drug-likeness (QED) is 0.830. The van der Waals surface area contributed by atoms with Gasteiger partial charge in [0, 0.05) is 29.2 Å². The van der Waals surface area contributed by atoms with E-state index in [1.165, 1.54) is 0 Å². The zero-order chi connectivity index (χ0) is 17.7. The van der Waals surface area contributed by atoms with Gasteiger partial charge >= 0.3 is 0 Å². The molecule has 5 nitrogen and oxygen atoms in total. The molecule has 0 aromatic heterocycles. The van der Waals surface area contributed by atoms with Crippen LogP contribution in [0.3, 0.4) is 0 Å². The third-order valence-corrected chi connectivity index (χ3v) is 6.53. The van der Waals surface area contributed by atoms with E-state index in [1.54, 1.807) is 30.3 Å². The molecule has 2 aromatic rings. The Morgan fingerprint density at radius 1 is 1.04 bits per heavy atom. The van der Waals surface area contributed by atoms with Crippen LogP contribution in [0.15, 0.2) is 57.8 Å². The van der Waals surface area contributed by atoms with Gasteiger partial charge in [-0.3, -0.25) is 0 Å². The Balaban J connectivity index is 1.61. The Kier molecular flexibility index (Phi) is 3.86. The molecule has 2 heterocycles. The summed E-state index contributed by atoms with van der Waals surface area (Å²) < 4.78 is 28.4. The Morgan fingerprint density at radius 3 is 2.40 bits per heavy atom. The molecule has 0 saturated carbocycles. The number of sulfonamides is 1. The van der Waals surface area contributed by atoms with Crippen LogP contribution in [0.5, 0.6) is 0 Å². The molecule has 1 saturated heterocycles. The zero-order valence-corrected chi connectivity index (χ0v) is 15.0. The largest absolute Gasteiger partial charge is 0.385 e. The number of aliphatic hydroxyl groups is 1. The van der Waals surface area contributed by atoms with Gasteiger partial charge in [0.05, 0.1) is 5.60 Å². The maximum Gasteiger partial charge on any atom is 0.285 e. The van der Waals surface area contributed by atoms with Gasteiger partial charge in [0.15, 0.2) is 5.84 Å². The average molecular weight is 377 g/mol. The lowest BCUT2D eigenvalue weighted by Crippen LogP contribution is -2.45. The van der Waals surface area contributed by atoms with E-state index in [1.807, 2.05) is 23.1 Å². The Bertz CT molecular complexity index is 964. The van der Waals surface area contributed by atoms with Crippen molar-refractivity contribution in [1.29, 1.82) is 0 Å². The number of likely N-dealkylation sites (tertiary alicyclic amines) is 1. The summed E-state index contributed by atoms with van der Waals surface area (Å²) in [6, 6.07) is 14.1. The molecule has 0 amide bonds. The Hall–Kier alpha value is -1.89. The molecule has 0 unspecified atom stereocenters. The summed E-state index contributed by atoms with van der Waals surface area (Å²) in [6.45, 7) is 1.01. The predicted octanol–water partition coefficient (Wildman–Crippen LogP) is 2.77. The van der Waals surface area contributed by atoms with Gasteiger partial charge in [-0.05, 0) is 31.0 Å². The number of amidine groups is 1. The van der Waals surface area contributed by atoms with Crippen LogP contribution in [0.25, 0.3) is 0 Å². The predicted molar refractivity (Wildman–Crippen MR) is 96.3 cm³/mol. The highest BCUT2D eigenvalue weighted by Gasteiger charge is 2.39. The maximum absolute atomic E-state index is 12.2. The lowest BCUT2D eigenvalue weighted by molar-refractivity contribution is -0.0119. The number of fused-ring (bicyclic) bond motifs is 1. The van der Waals surface area contributed by atoms with Gasteiger partial charge < -0.3 is 10.0 Å². The van der Waals surface area contributed by atoms with Crippen LogP contribution in [0, 0.1) is 0 Å². The maximum atomic E-state index is 12.2. The number of benzene rings is 2. The first-order valence-electron chi connectivity index (χ1n) is 8.07. The van der Waals surface area contributed by atoms with Crippen molar-refractivity contribution in [3.8, 4) is 0 Å². The molecule has 4 rings (SSSR count). The molecule has 1 N–H and O–H groups in total. The topological polar surface area (TPSA) is 70.0 Å². The van der Waals surface area contributed by atoms with Crippen molar-refractivity contribution in [1.82, 2.24) is 4.90 Å². The van der Waals surface area contributed by atoms with E-state index in [2.05, 4.69) is 4.40 Å². The fourth-order valence-corrected chi connectivity index (χ4v) is 5.05. The summed E-state index contributed by atoms with van der Waals surface area (Å²) in [7, 11) is -3.63. The van der Waals surface area contributed by atoms with E-state index in [-0.39, 0.29) is 4.90 Å². The minimum absolute atomic E-state index is 0.247. The molecule has 0 radical (unpaired) electrons. The first-order valence-corrected chi connectivity index (χ1v) is 9.89. The van der Waals surface area contributed by atoms with Crippen molar-refractivity contribution in [2.45, 2.75) is 23.3 Å². The molecule has 2 aromatic carbocycles. The minimum atomic E-state index is -3.63. The third kappa shape index (κ3) is 2.74. The molecule has 1 fully saturated rings. The lowest BCUT2D eigenvalue weighted by atomic mass is 9.84. The second kappa shape index (κ2) is 5.83. The molecule has 2 aliphatic rings. The van der Waals surface area contributed by atoms with Gasteiger partial charge in [-0.1, -0.05) is 41.9 Å². The van der Waals surface area contributed by atoms with Crippen LogP contribution in [-0.2, 0) is 15.6 Å². The van der Waals surface area contributed by atoms with Crippen molar-refractivity contribution in [2.24, 2.45) is 4.40 Å². The molecule has 7 heteroatoms. The minimum Gasteiger partial charge on any atom is -0.385 e. The third-order valence-electron chi connectivity index (χ3n) is 4.88. The van der Waals surface area contributed by atoms with E-state index in [9.17, 15) is 13.5 Å². The average Bonchev–Trinajstić information content (AvgIpc) is 2.88. The number of hydrogen-bond donors (Lipinski definition) is 1. The first-order chi connectivity index (χ1) is 11.9.